The molecule has 0 heterocycles. The highest BCUT2D eigenvalue weighted by molar-refractivity contribution is 6.18. The van der Waals surface area contributed by atoms with Crippen LogP contribution in [0.4, 0.5) is 13.2 Å². The van der Waals surface area contributed by atoms with E-state index in [-0.39, 0.29) is 6.61 Å². The molecule has 4 nitrogen and oxygen atoms in total. The van der Waals surface area contributed by atoms with E-state index >= 15 is 0 Å². The van der Waals surface area contributed by atoms with E-state index in [4.69, 9.17) is 0 Å². The smallest absolute Gasteiger partial charge is 0.451 e. The Bertz CT molecular complexity index is 282. The van der Waals surface area contributed by atoms with Crippen LogP contribution < -0.4 is 0 Å². The molecular formula is C8H9F3O4. The average molecular weight is 226 g/mol. The van der Waals surface area contributed by atoms with Gasteiger partial charge in [-0.15, -0.1) is 0 Å². The Morgan fingerprint density at radius 3 is 2.00 bits per heavy atom. The summed E-state index contributed by atoms with van der Waals surface area (Å²) < 4.78 is 40.1. The van der Waals surface area contributed by atoms with E-state index in [9.17, 15) is 27.6 Å². The third-order valence-corrected chi connectivity index (χ3v) is 1.47. The second kappa shape index (κ2) is 4.90. The zero-order valence-electron chi connectivity index (χ0n) is 8.05. The highest BCUT2D eigenvalue weighted by atomic mass is 19.4. The molecule has 0 saturated carbocycles. The van der Waals surface area contributed by atoms with Gasteiger partial charge < -0.3 is 4.74 Å². The lowest BCUT2D eigenvalue weighted by Gasteiger charge is -2.12. The first kappa shape index (κ1) is 13.6. The van der Waals surface area contributed by atoms with Crippen LogP contribution in [0.1, 0.15) is 13.8 Å². The summed E-state index contributed by atoms with van der Waals surface area (Å²) in [6.45, 7) is 1.88. The van der Waals surface area contributed by atoms with Gasteiger partial charge in [-0.1, -0.05) is 0 Å². The zero-order valence-corrected chi connectivity index (χ0v) is 8.05. The highest BCUT2D eigenvalue weighted by Crippen LogP contribution is 2.22. The van der Waals surface area contributed by atoms with Crippen LogP contribution in [0.25, 0.3) is 0 Å². The van der Waals surface area contributed by atoms with Crippen LogP contribution in [0, 0.1) is 5.92 Å². The summed E-state index contributed by atoms with van der Waals surface area (Å²) in [4.78, 5) is 32.3. The molecule has 0 aliphatic carbocycles. The predicted molar refractivity (Wildman–Crippen MR) is 41.9 cm³/mol. The maximum atomic E-state index is 12.0. The molecule has 0 saturated heterocycles. The van der Waals surface area contributed by atoms with Crippen LogP contribution in [-0.2, 0) is 19.1 Å². The van der Waals surface area contributed by atoms with E-state index in [1.54, 1.807) is 0 Å². The minimum Gasteiger partial charge on any atom is -0.465 e. The summed E-state index contributed by atoms with van der Waals surface area (Å²) in [7, 11) is 0. The molecule has 15 heavy (non-hydrogen) atoms. The molecular weight excluding hydrogens is 217 g/mol. The molecule has 0 spiro atoms. The number of rotatable bonds is 4. The van der Waals surface area contributed by atoms with Gasteiger partial charge in [0, 0.05) is 0 Å². The molecule has 0 aliphatic rings. The number of alkyl halides is 3. The minimum absolute atomic E-state index is 0.201. The van der Waals surface area contributed by atoms with Crippen molar-refractivity contribution in [3.8, 4) is 0 Å². The lowest BCUT2D eigenvalue weighted by molar-refractivity contribution is -0.181. The third-order valence-electron chi connectivity index (χ3n) is 1.47. The fourth-order valence-electron chi connectivity index (χ4n) is 0.847. The molecule has 0 aliphatic heterocycles. The molecule has 0 aromatic rings. The van der Waals surface area contributed by atoms with Crippen molar-refractivity contribution in [3.63, 3.8) is 0 Å². The van der Waals surface area contributed by atoms with Crippen LogP contribution in [-0.4, -0.2) is 30.3 Å². The lowest BCUT2D eigenvalue weighted by atomic mass is 10.00. The first-order chi connectivity index (χ1) is 6.71. The van der Waals surface area contributed by atoms with E-state index in [1.165, 1.54) is 6.92 Å². The van der Waals surface area contributed by atoms with Gasteiger partial charge >= 0.3 is 12.1 Å². The van der Waals surface area contributed by atoms with Crippen molar-refractivity contribution in [3.05, 3.63) is 0 Å². The Labute approximate surface area is 83.4 Å². The molecule has 0 N–H and O–H groups in total. The van der Waals surface area contributed by atoms with Crippen molar-refractivity contribution in [1.29, 1.82) is 0 Å². The predicted octanol–water partition coefficient (Wildman–Crippen LogP) is 0.886. The maximum Gasteiger partial charge on any atom is 0.451 e. The van der Waals surface area contributed by atoms with E-state index in [1.807, 2.05) is 0 Å². The summed E-state index contributed by atoms with van der Waals surface area (Å²) in [6.07, 6.45) is -5.22. The van der Waals surface area contributed by atoms with Crippen LogP contribution in [0.3, 0.4) is 0 Å². The van der Waals surface area contributed by atoms with E-state index in [0.29, 0.717) is 0 Å². The lowest BCUT2D eigenvalue weighted by Crippen LogP contribution is -2.40. The van der Waals surface area contributed by atoms with E-state index < -0.39 is 29.6 Å². The fraction of sp³-hybridized carbons (Fsp3) is 0.625. The number of ketones is 2. The Balaban J connectivity index is 4.92. The number of hydrogen-bond donors (Lipinski definition) is 0. The van der Waals surface area contributed by atoms with Crippen molar-refractivity contribution in [2.75, 3.05) is 6.61 Å². The molecule has 0 fully saturated rings. The molecule has 0 aromatic heterocycles. The van der Waals surface area contributed by atoms with Gasteiger partial charge in [-0.2, -0.15) is 13.2 Å². The SMILES string of the molecule is CCOC(=O)C(C(C)=O)C(=O)C(F)(F)F. The summed E-state index contributed by atoms with van der Waals surface area (Å²) in [6, 6.07) is 0. The standard InChI is InChI=1S/C8H9F3O4/c1-3-15-7(14)5(4(2)12)6(13)8(9,10)11/h5H,3H2,1-2H3. The topological polar surface area (TPSA) is 60.4 Å². The highest BCUT2D eigenvalue weighted by Gasteiger charge is 2.49. The third kappa shape index (κ3) is 3.69. The van der Waals surface area contributed by atoms with Crippen molar-refractivity contribution in [2.45, 2.75) is 20.0 Å². The molecule has 0 amide bonds. The van der Waals surface area contributed by atoms with Gasteiger partial charge in [0.25, 0.3) is 5.78 Å². The van der Waals surface area contributed by atoms with Crippen LogP contribution in [0.15, 0.2) is 0 Å². The number of carbonyl (C=O) groups is 3. The summed E-state index contributed by atoms with van der Waals surface area (Å²) in [5, 5.41) is 0. The number of hydrogen-bond acceptors (Lipinski definition) is 4. The van der Waals surface area contributed by atoms with E-state index in [0.717, 1.165) is 6.92 Å². The molecule has 86 valence electrons. The van der Waals surface area contributed by atoms with Crippen molar-refractivity contribution >= 4 is 17.5 Å². The van der Waals surface area contributed by atoms with Crippen LogP contribution in [0.2, 0.25) is 0 Å². The van der Waals surface area contributed by atoms with Crippen molar-refractivity contribution in [2.24, 2.45) is 5.92 Å². The van der Waals surface area contributed by atoms with Gasteiger partial charge in [0.15, 0.2) is 11.7 Å². The normalized spacial score (nSPS) is 13.1. The maximum absolute atomic E-state index is 12.0. The molecule has 0 rings (SSSR count). The van der Waals surface area contributed by atoms with Crippen molar-refractivity contribution in [1.82, 2.24) is 0 Å². The first-order valence-electron chi connectivity index (χ1n) is 4.00. The minimum atomic E-state index is -5.22. The number of ether oxygens (including phenoxy) is 1. The molecule has 1 unspecified atom stereocenters. The van der Waals surface area contributed by atoms with Gasteiger partial charge in [-0.05, 0) is 13.8 Å². The molecule has 0 radical (unpaired) electrons. The summed E-state index contributed by atoms with van der Waals surface area (Å²) >= 11 is 0. The summed E-state index contributed by atoms with van der Waals surface area (Å²) in [5.74, 6) is -7.44. The Morgan fingerprint density at radius 1 is 1.27 bits per heavy atom. The number of halogens is 3. The van der Waals surface area contributed by atoms with Crippen LogP contribution >= 0.6 is 0 Å². The number of carbonyl (C=O) groups excluding carboxylic acids is 3. The summed E-state index contributed by atoms with van der Waals surface area (Å²) in [5.41, 5.74) is 0. The van der Waals surface area contributed by atoms with Crippen molar-refractivity contribution < 1.29 is 32.3 Å². The molecule has 0 bridgehead atoms. The molecule has 7 heteroatoms. The van der Waals surface area contributed by atoms with Gasteiger partial charge in [0.05, 0.1) is 6.61 Å². The second-order valence-electron chi connectivity index (χ2n) is 2.66. The molecule has 1 atom stereocenters. The fourth-order valence-corrected chi connectivity index (χ4v) is 0.847. The Morgan fingerprint density at radius 2 is 1.73 bits per heavy atom. The quantitative estimate of drug-likeness (QED) is 0.527. The average Bonchev–Trinajstić information content (AvgIpc) is 2.02. The number of Topliss-reactive ketones (excluding diaryl/α,β-unsaturated/α-hetero) is 2. The zero-order chi connectivity index (χ0) is 12.2. The van der Waals surface area contributed by atoms with Gasteiger partial charge in [0.1, 0.15) is 0 Å². The first-order valence-corrected chi connectivity index (χ1v) is 4.00. The van der Waals surface area contributed by atoms with Crippen LogP contribution in [0.5, 0.6) is 0 Å². The van der Waals surface area contributed by atoms with E-state index in [2.05, 4.69) is 4.74 Å². The van der Waals surface area contributed by atoms with Gasteiger partial charge in [-0.25, -0.2) is 0 Å². The van der Waals surface area contributed by atoms with Gasteiger partial charge in [0.2, 0.25) is 0 Å². The molecule has 0 aromatic carbocycles. The Kier molecular flexibility index (Phi) is 4.44. The second-order valence-corrected chi connectivity index (χ2v) is 2.66. The Hall–Kier alpha value is -1.40. The monoisotopic (exact) mass is 226 g/mol. The number of esters is 1. The van der Waals surface area contributed by atoms with Gasteiger partial charge in [-0.3, -0.25) is 14.4 Å². The largest absolute Gasteiger partial charge is 0.465 e.